The van der Waals surface area contributed by atoms with Crippen LogP contribution >= 0.6 is 11.3 Å². The Kier molecular flexibility index (Phi) is 4.52. The fourth-order valence-electron chi connectivity index (χ4n) is 3.51. The van der Waals surface area contributed by atoms with Crippen molar-refractivity contribution in [1.29, 1.82) is 0 Å². The number of thiophene rings is 1. The van der Waals surface area contributed by atoms with Gasteiger partial charge >= 0.3 is 0 Å². The van der Waals surface area contributed by atoms with Crippen LogP contribution in [0.5, 0.6) is 0 Å². The monoisotopic (exact) mass is 404 g/mol. The average Bonchev–Trinajstić information content (AvgIpc) is 3.20. The third-order valence-corrected chi connectivity index (χ3v) is 5.95. The zero-order valence-corrected chi connectivity index (χ0v) is 16.7. The lowest BCUT2D eigenvalue weighted by atomic mass is 10.2. The van der Waals surface area contributed by atoms with E-state index in [1.54, 1.807) is 22.3 Å². The molecule has 1 aromatic carbocycles. The second kappa shape index (κ2) is 7.33. The van der Waals surface area contributed by atoms with Gasteiger partial charge in [-0.25, -0.2) is 9.67 Å². The number of para-hydroxylation sites is 1. The van der Waals surface area contributed by atoms with Gasteiger partial charge < -0.3 is 9.32 Å². The Morgan fingerprint density at radius 2 is 2.00 bits per heavy atom. The molecule has 0 N–H and O–H groups in total. The van der Waals surface area contributed by atoms with Crippen LogP contribution in [0, 0.1) is 0 Å². The van der Waals surface area contributed by atoms with Gasteiger partial charge in [-0.2, -0.15) is 0 Å². The molecule has 0 aliphatic heterocycles. The quantitative estimate of drug-likeness (QED) is 0.456. The third kappa shape index (κ3) is 3.38. The molecule has 1 saturated carbocycles. The Morgan fingerprint density at radius 1 is 1.17 bits per heavy atom. The van der Waals surface area contributed by atoms with E-state index >= 15 is 0 Å². The van der Waals surface area contributed by atoms with Gasteiger partial charge in [0.05, 0.1) is 22.9 Å². The molecule has 1 aliphatic rings. The fourth-order valence-corrected chi connectivity index (χ4v) is 4.21. The van der Waals surface area contributed by atoms with E-state index in [0.717, 1.165) is 29.2 Å². The predicted molar refractivity (Wildman–Crippen MR) is 111 cm³/mol. The predicted octanol–water partition coefficient (Wildman–Crippen LogP) is 4.95. The number of aromatic nitrogens is 3. The molecule has 0 radical (unpaired) electrons. The van der Waals surface area contributed by atoms with Crippen molar-refractivity contribution >= 4 is 17.2 Å². The highest BCUT2D eigenvalue weighted by Crippen LogP contribution is 2.36. The molecule has 4 aromatic rings. The first-order valence-electron chi connectivity index (χ1n) is 9.65. The number of benzene rings is 1. The minimum atomic E-state index is -0.168. The SMILES string of the molecule is CC(c1ccco1)N(C(=O)c1nc(-c2cccs2)n(-c2ccccc2)n1)C1CC1. The Hall–Kier alpha value is -3.19. The van der Waals surface area contributed by atoms with Crippen LogP contribution in [0.1, 0.15) is 42.2 Å². The molecule has 7 heteroatoms. The van der Waals surface area contributed by atoms with E-state index in [0.29, 0.717) is 5.82 Å². The Labute approximate surface area is 172 Å². The maximum Gasteiger partial charge on any atom is 0.294 e. The van der Waals surface area contributed by atoms with Gasteiger partial charge in [-0.15, -0.1) is 16.4 Å². The Morgan fingerprint density at radius 3 is 2.66 bits per heavy atom. The van der Waals surface area contributed by atoms with Crippen molar-refractivity contribution < 1.29 is 9.21 Å². The van der Waals surface area contributed by atoms with E-state index < -0.39 is 0 Å². The highest BCUT2D eigenvalue weighted by Gasteiger charge is 2.39. The molecule has 1 atom stereocenters. The number of amides is 1. The normalized spacial score (nSPS) is 14.7. The molecule has 5 rings (SSSR count). The summed E-state index contributed by atoms with van der Waals surface area (Å²) in [5, 5.41) is 6.62. The second-order valence-corrected chi connectivity index (χ2v) is 8.07. The first-order valence-corrected chi connectivity index (χ1v) is 10.5. The van der Waals surface area contributed by atoms with Gasteiger partial charge in [-0.05, 0) is 55.5 Å². The van der Waals surface area contributed by atoms with Gasteiger partial charge in [0, 0.05) is 6.04 Å². The zero-order valence-electron chi connectivity index (χ0n) is 15.9. The topological polar surface area (TPSA) is 64.2 Å². The summed E-state index contributed by atoms with van der Waals surface area (Å²) < 4.78 is 7.31. The summed E-state index contributed by atoms with van der Waals surface area (Å²) in [4.78, 5) is 21.0. The minimum absolute atomic E-state index is 0.163. The van der Waals surface area contributed by atoms with Crippen LogP contribution in [-0.4, -0.2) is 31.6 Å². The van der Waals surface area contributed by atoms with Crippen LogP contribution in [0.4, 0.5) is 0 Å². The molecule has 3 heterocycles. The highest BCUT2D eigenvalue weighted by molar-refractivity contribution is 7.13. The molecule has 6 nitrogen and oxygen atoms in total. The van der Waals surface area contributed by atoms with Crippen molar-refractivity contribution in [3.8, 4) is 16.4 Å². The summed E-state index contributed by atoms with van der Waals surface area (Å²) >= 11 is 1.58. The summed E-state index contributed by atoms with van der Waals surface area (Å²) in [6, 6.07) is 17.5. The van der Waals surface area contributed by atoms with Gasteiger partial charge in [0.15, 0.2) is 5.82 Å². The lowest BCUT2D eigenvalue weighted by Crippen LogP contribution is -2.36. The molecular formula is C22H20N4O2S. The van der Waals surface area contributed by atoms with E-state index in [-0.39, 0.29) is 23.8 Å². The largest absolute Gasteiger partial charge is 0.467 e. The summed E-state index contributed by atoms with van der Waals surface area (Å²) in [6.07, 6.45) is 3.63. The van der Waals surface area contributed by atoms with Crippen LogP contribution < -0.4 is 0 Å². The number of carbonyl (C=O) groups is 1. The molecule has 1 amide bonds. The molecule has 1 aliphatic carbocycles. The van der Waals surface area contributed by atoms with Crippen molar-refractivity contribution in [2.24, 2.45) is 0 Å². The van der Waals surface area contributed by atoms with Gasteiger partial charge in [-0.3, -0.25) is 4.79 Å². The molecule has 0 spiro atoms. The third-order valence-electron chi connectivity index (χ3n) is 5.09. The van der Waals surface area contributed by atoms with Crippen molar-refractivity contribution in [1.82, 2.24) is 19.7 Å². The summed E-state index contributed by atoms with van der Waals surface area (Å²) in [5.41, 5.74) is 0.875. The Balaban J connectivity index is 1.56. The number of furan rings is 1. The molecule has 0 bridgehead atoms. The van der Waals surface area contributed by atoms with Crippen LogP contribution in [0.25, 0.3) is 16.4 Å². The lowest BCUT2D eigenvalue weighted by molar-refractivity contribution is 0.0640. The molecule has 1 unspecified atom stereocenters. The van der Waals surface area contributed by atoms with Crippen molar-refractivity contribution in [2.75, 3.05) is 0 Å². The van der Waals surface area contributed by atoms with Crippen LogP contribution in [0.15, 0.2) is 70.7 Å². The standard InChI is InChI=1S/C22H20N4O2S/c1-15(18-9-5-13-28-18)25(16-11-12-16)22(27)20-23-21(19-10-6-14-29-19)26(24-20)17-7-3-2-4-8-17/h2-10,13-16H,11-12H2,1H3. The number of nitrogens with zero attached hydrogens (tertiary/aromatic N) is 4. The van der Waals surface area contributed by atoms with Gasteiger partial charge in [0.2, 0.25) is 5.82 Å². The van der Waals surface area contributed by atoms with E-state index in [9.17, 15) is 4.79 Å². The maximum atomic E-state index is 13.5. The van der Waals surface area contributed by atoms with Gasteiger partial charge in [0.25, 0.3) is 5.91 Å². The number of hydrogen-bond acceptors (Lipinski definition) is 5. The maximum absolute atomic E-state index is 13.5. The molecule has 1 fully saturated rings. The zero-order chi connectivity index (χ0) is 19.8. The number of rotatable bonds is 6. The smallest absolute Gasteiger partial charge is 0.294 e. The first kappa shape index (κ1) is 17.9. The van der Waals surface area contributed by atoms with E-state index in [4.69, 9.17) is 4.42 Å². The minimum Gasteiger partial charge on any atom is -0.467 e. The van der Waals surface area contributed by atoms with Crippen LogP contribution in [0.2, 0.25) is 0 Å². The van der Waals surface area contributed by atoms with Crippen molar-refractivity contribution in [3.63, 3.8) is 0 Å². The summed E-state index contributed by atoms with van der Waals surface area (Å²) in [6.45, 7) is 1.99. The average molecular weight is 404 g/mol. The molecule has 0 saturated heterocycles. The van der Waals surface area contributed by atoms with Crippen LogP contribution in [-0.2, 0) is 0 Å². The molecule has 3 aromatic heterocycles. The summed E-state index contributed by atoms with van der Waals surface area (Å²) in [5.74, 6) is 1.49. The van der Waals surface area contributed by atoms with E-state index in [1.807, 2.05) is 71.8 Å². The van der Waals surface area contributed by atoms with E-state index in [2.05, 4.69) is 10.1 Å². The van der Waals surface area contributed by atoms with Gasteiger partial charge in [-0.1, -0.05) is 24.3 Å². The molecule has 29 heavy (non-hydrogen) atoms. The molecule has 146 valence electrons. The number of hydrogen-bond donors (Lipinski definition) is 0. The van der Waals surface area contributed by atoms with Crippen molar-refractivity contribution in [2.45, 2.75) is 31.8 Å². The lowest BCUT2D eigenvalue weighted by Gasteiger charge is -2.26. The highest BCUT2D eigenvalue weighted by atomic mass is 32.1. The summed E-state index contributed by atoms with van der Waals surface area (Å²) in [7, 11) is 0. The Bertz CT molecular complexity index is 1100. The van der Waals surface area contributed by atoms with E-state index in [1.165, 1.54) is 0 Å². The second-order valence-electron chi connectivity index (χ2n) is 7.12. The first-order chi connectivity index (χ1) is 14.2. The molecular weight excluding hydrogens is 384 g/mol. The van der Waals surface area contributed by atoms with Gasteiger partial charge in [0.1, 0.15) is 5.76 Å². The number of carbonyl (C=O) groups excluding carboxylic acids is 1. The fraction of sp³-hybridized carbons (Fsp3) is 0.227. The van der Waals surface area contributed by atoms with Crippen LogP contribution in [0.3, 0.4) is 0 Å². The van der Waals surface area contributed by atoms with Crippen molar-refractivity contribution in [3.05, 3.63) is 77.8 Å².